The van der Waals surface area contributed by atoms with Crippen LogP contribution in [0, 0.1) is 0 Å². The van der Waals surface area contributed by atoms with Gasteiger partial charge in [0.2, 0.25) is 5.91 Å². The third kappa shape index (κ3) is 7.17. The number of rotatable bonds is 8. The number of nitrogens with one attached hydrogen (secondary N) is 2. The lowest BCUT2D eigenvalue weighted by atomic mass is 10.1. The van der Waals surface area contributed by atoms with E-state index < -0.39 is 0 Å². The number of amides is 1. The number of hydrogen-bond acceptors (Lipinski definition) is 3. The Hall–Kier alpha value is -2.89. The number of thiocarbonyl (C=S) groups is 1. The average molecular weight is 439 g/mol. The SMILES string of the molecule is O=C(CCc1ccccc1Cl)NC(=S)Nc1ccc(OCCc2ccccc2)cc1. The van der Waals surface area contributed by atoms with Crippen LogP contribution in [0.5, 0.6) is 5.75 Å². The quantitative estimate of drug-likeness (QED) is 0.462. The van der Waals surface area contributed by atoms with Crippen molar-refractivity contribution in [2.24, 2.45) is 0 Å². The minimum absolute atomic E-state index is 0.159. The maximum Gasteiger partial charge on any atom is 0.226 e. The standard InChI is InChI=1S/C24H23ClN2O2S/c25-22-9-5-4-8-19(22)10-15-23(28)27-24(30)26-20-11-13-21(14-12-20)29-17-16-18-6-2-1-3-7-18/h1-9,11-14H,10,15-17H2,(H2,26,27,28,30). The lowest BCUT2D eigenvalue weighted by Gasteiger charge is -2.11. The number of aryl methyl sites for hydroxylation is 1. The molecular formula is C24H23ClN2O2S. The Morgan fingerprint density at radius 1 is 0.900 bits per heavy atom. The third-order valence-electron chi connectivity index (χ3n) is 4.45. The Labute approximate surface area is 187 Å². The summed E-state index contributed by atoms with van der Waals surface area (Å²) in [5.41, 5.74) is 2.96. The van der Waals surface area contributed by atoms with Crippen molar-refractivity contribution in [3.8, 4) is 5.75 Å². The van der Waals surface area contributed by atoms with Gasteiger partial charge in [-0.15, -0.1) is 0 Å². The molecule has 3 rings (SSSR count). The first-order valence-corrected chi connectivity index (χ1v) is 10.5. The molecule has 154 valence electrons. The van der Waals surface area contributed by atoms with Crippen molar-refractivity contribution in [1.29, 1.82) is 0 Å². The molecule has 3 aromatic carbocycles. The zero-order valence-corrected chi connectivity index (χ0v) is 18.0. The minimum Gasteiger partial charge on any atom is -0.493 e. The molecule has 30 heavy (non-hydrogen) atoms. The van der Waals surface area contributed by atoms with Crippen LogP contribution in [-0.4, -0.2) is 17.6 Å². The summed E-state index contributed by atoms with van der Waals surface area (Å²) >= 11 is 11.3. The van der Waals surface area contributed by atoms with E-state index in [0.717, 1.165) is 23.4 Å². The summed E-state index contributed by atoms with van der Waals surface area (Å²) in [7, 11) is 0. The molecular weight excluding hydrogens is 416 g/mol. The number of hydrogen-bond donors (Lipinski definition) is 2. The number of carbonyl (C=O) groups is 1. The molecule has 0 saturated heterocycles. The van der Waals surface area contributed by atoms with Crippen molar-refractivity contribution in [1.82, 2.24) is 5.32 Å². The molecule has 6 heteroatoms. The fourth-order valence-corrected chi connectivity index (χ4v) is 3.33. The Bertz CT molecular complexity index is 978. The Kier molecular flexibility index (Phi) is 8.24. The summed E-state index contributed by atoms with van der Waals surface area (Å²) < 4.78 is 5.78. The van der Waals surface area contributed by atoms with Crippen LogP contribution < -0.4 is 15.4 Å². The highest BCUT2D eigenvalue weighted by Crippen LogP contribution is 2.17. The van der Waals surface area contributed by atoms with Crippen LogP contribution in [0.15, 0.2) is 78.9 Å². The van der Waals surface area contributed by atoms with E-state index in [1.54, 1.807) is 0 Å². The van der Waals surface area contributed by atoms with Crippen LogP contribution in [0.2, 0.25) is 5.02 Å². The lowest BCUT2D eigenvalue weighted by Crippen LogP contribution is -2.34. The van der Waals surface area contributed by atoms with Gasteiger partial charge in [0, 0.05) is 23.6 Å². The van der Waals surface area contributed by atoms with Crippen LogP contribution in [0.25, 0.3) is 0 Å². The maximum atomic E-state index is 12.1. The van der Waals surface area contributed by atoms with Crippen molar-refractivity contribution < 1.29 is 9.53 Å². The van der Waals surface area contributed by atoms with Crippen molar-refractivity contribution in [2.75, 3.05) is 11.9 Å². The molecule has 0 aliphatic heterocycles. The zero-order valence-electron chi connectivity index (χ0n) is 16.4. The summed E-state index contributed by atoms with van der Waals surface area (Å²) in [4.78, 5) is 12.1. The number of ether oxygens (including phenoxy) is 1. The van der Waals surface area contributed by atoms with Gasteiger partial charge < -0.3 is 15.4 Å². The molecule has 0 atom stereocenters. The molecule has 0 saturated carbocycles. The molecule has 3 aromatic rings. The van der Waals surface area contributed by atoms with Crippen LogP contribution >= 0.6 is 23.8 Å². The summed E-state index contributed by atoms with van der Waals surface area (Å²) in [6.45, 7) is 0.608. The van der Waals surface area contributed by atoms with Crippen LogP contribution in [-0.2, 0) is 17.6 Å². The fraction of sp³-hybridized carbons (Fsp3) is 0.167. The summed E-state index contributed by atoms with van der Waals surface area (Å²) in [5.74, 6) is 0.625. The predicted octanol–water partition coefficient (Wildman–Crippen LogP) is 5.41. The first-order valence-electron chi connectivity index (χ1n) is 9.71. The van der Waals surface area contributed by atoms with Crippen molar-refractivity contribution in [3.63, 3.8) is 0 Å². The van der Waals surface area contributed by atoms with Crippen molar-refractivity contribution in [2.45, 2.75) is 19.3 Å². The van der Waals surface area contributed by atoms with E-state index in [4.69, 9.17) is 28.6 Å². The molecule has 0 heterocycles. The van der Waals surface area contributed by atoms with Gasteiger partial charge in [-0.2, -0.15) is 0 Å². The van der Waals surface area contributed by atoms with E-state index in [1.807, 2.05) is 66.7 Å². The highest BCUT2D eigenvalue weighted by atomic mass is 35.5. The molecule has 0 aliphatic carbocycles. The molecule has 0 radical (unpaired) electrons. The van der Waals surface area contributed by atoms with Crippen molar-refractivity contribution in [3.05, 3.63) is 95.0 Å². The Balaban J connectivity index is 1.39. The second-order valence-electron chi connectivity index (χ2n) is 6.70. The molecule has 0 unspecified atom stereocenters. The molecule has 0 bridgehead atoms. The van der Waals surface area contributed by atoms with Gasteiger partial charge >= 0.3 is 0 Å². The highest BCUT2D eigenvalue weighted by Gasteiger charge is 2.07. The Morgan fingerprint density at radius 3 is 2.33 bits per heavy atom. The second kappa shape index (κ2) is 11.3. The van der Waals surface area contributed by atoms with Gasteiger partial charge in [0.05, 0.1) is 6.61 Å². The molecule has 0 spiro atoms. The summed E-state index contributed by atoms with van der Waals surface area (Å²) in [5, 5.41) is 6.63. The van der Waals surface area contributed by atoms with Gasteiger partial charge in [-0.1, -0.05) is 60.1 Å². The number of anilines is 1. The van der Waals surface area contributed by atoms with E-state index in [9.17, 15) is 4.79 Å². The molecule has 4 nitrogen and oxygen atoms in total. The largest absolute Gasteiger partial charge is 0.493 e. The van der Waals surface area contributed by atoms with Gasteiger partial charge in [-0.3, -0.25) is 4.79 Å². The van der Waals surface area contributed by atoms with Crippen LogP contribution in [0.3, 0.4) is 0 Å². The van der Waals surface area contributed by atoms with Gasteiger partial charge in [0.1, 0.15) is 5.75 Å². The van der Waals surface area contributed by atoms with E-state index >= 15 is 0 Å². The first kappa shape index (κ1) is 21.8. The monoisotopic (exact) mass is 438 g/mol. The minimum atomic E-state index is -0.159. The van der Waals surface area contributed by atoms with E-state index in [1.165, 1.54) is 5.56 Å². The van der Waals surface area contributed by atoms with E-state index in [-0.39, 0.29) is 11.0 Å². The Morgan fingerprint density at radius 2 is 1.60 bits per heavy atom. The normalized spacial score (nSPS) is 10.3. The fourth-order valence-electron chi connectivity index (χ4n) is 2.87. The summed E-state index contributed by atoms with van der Waals surface area (Å²) in [6, 6.07) is 25.2. The predicted molar refractivity (Wildman–Crippen MR) is 126 cm³/mol. The van der Waals surface area contributed by atoms with E-state index in [2.05, 4.69) is 22.8 Å². The molecule has 0 fully saturated rings. The topological polar surface area (TPSA) is 50.4 Å². The molecule has 0 aromatic heterocycles. The van der Waals surface area contributed by atoms with E-state index in [0.29, 0.717) is 24.5 Å². The second-order valence-corrected chi connectivity index (χ2v) is 7.52. The number of halogens is 1. The lowest BCUT2D eigenvalue weighted by molar-refractivity contribution is -0.119. The first-order chi connectivity index (χ1) is 14.6. The van der Waals surface area contributed by atoms with Gasteiger partial charge in [0.25, 0.3) is 0 Å². The highest BCUT2D eigenvalue weighted by molar-refractivity contribution is 7.80. The van der Waals surface area contributed by atoms with Gasteiger partial charge in [0.15, 0.2) is 5.11 Å². The molecule has 0 aliphatic rings. The third-order valence-corrected chi connectivity index (χ3v) is 5.02. The molecule has 2 N–H and O–H groups in total. The zero-order chi connectivity index (χ0) is 21.2. The van der Waals surface area contributed by atoms with Crippen LogP contribution in [0.4, 0.5) is 5.69 Å². The molecule has 1 amide bonds. The van der Waals surface area contributed by atoms with Gasteiger partial charge in [-0.25, -0.2) is 0 Å². The average Bonchev–Trinajstić information content (AvgIpc) is 2.75. The summed E-state index contributed by atoms with van der Waals surface area (Å²) in [6.07, 6.45) is 1.72. The maximum absolute atomic E-state index is 12.1. The number of carbonyl (C=O) groups excluding carboxylic acids is 1. The smallest absolute Gasteiger partial charge is 0.226 e. The van der Waals surface area contributed by atoms with Crippen molar-refractivity contribution >= 4 is 40.5 Å². The van der Waals surface area contributed by atoms with Crippen LogP contribution in [0.1, 0.15) is 17.5 Å². The van der Waals surface area contributed by atoms with Gasteiger partial charge in [-0.05, 0) is 60.1 Å². The number of benzene rings is 3.